The summed E-state index contributed by atoms with van der Waals surface area (Å²) in [6, 6.07) is 16.2. The summed E-state index contributed by atoms with van der Waals surface area (Å²) in [5.41, 5.74) is 1.92. The Bertz CT molecular complexity index is 624. The average molecular weight is 282 g/mol. The lowest BCUT2D eigenvalue weighted by Crippen LogP contribution is -2.09. The van der Waals surface area contributed by atoms with Gasteiger partial charge in [-0.1, -0.05) is 18.2 Å². The largest absolute Gasteiger partial charge is 0.345 e. The summed E-state index contributed by atoms with van der Waals surface area (Å²) in [7, 11) is 3.53. The highest BCUT2D eigenvalue weighted by Gasteiger charge is 2.10. The van der Waals surface area contributed by atoms with E-state index in [1.807, 2.05) is 42.3 Å². The van der Waals surface area contributed by atoms with Gasteiger partial charge in [-0.15, -0.1) is 0 Å². The summed E-state index contributed by atoms with van der Waals surface area (Å²) in [5.74, 6) is 0. The van der Waals surface area contributed by atoms with E-state index in [1.165, 1.54) is 12.1 Å². The Labute approximate surface area is 111 Å². The molecule has 94 valence electrons. The maximum absolute atomic E-state index is 11.1. The third-order valence-corrected chi connectivity index (χ3v) is 4.02. The highest BCUT2D eigenvalue weighted by Crippen LogP contribution is 2.25. The van der Waals surface area contributed by atoms with Crippen molar-refractivity contribution >= 4 is 31.1 Å². The molecule has 18 heavy (non-hydrogen) atoms. The monoisotopic (exact) mass is 281 g/mol. The fraction of sp³-hybridized carbons (Fsp3) is 0.0769. The number of anilines is 2. The molecule has 0 unspecified atom stereocenters. The maximum atomic E-state index is 11.1. The summed E-state index contributed by atoms with van der Waals surface area (Å²) < 4.78 is 22.3. The molecule has 0 aliphatic rings. The lowest BCUT2D eigenvalue weighted by atomic mass is 10.2. The van der Waals surface area contributed by atoms with Crippen LogP contribution in [0.25, 0.3) is 0 Å². The Morgan fingerprint density at radius 3 is 1.89 bits per heavy atom. The predicted octanol–water partition coefficient (Wildman–Crippen LogP) is 3.38. The second kappa shape index (κ2) is 5.00. The summed E-state index contributed by atoms with van der Waals surface area (Å²) in [4.78, 5) is 2.07. The molecule has 0 N–H and O–H groups in total. The minimum absolute atomic E-state index is 0.106. The molecule has 2 aromatic rings. The van der Waals surface area contributed by atoms with E-state index in [2.05, 4.69) is 0 Å². The SMILES string of the molecule is CN(c1ccccc1)c1ccc(S(=O)(=O)Cl)cc1. The molecule has 0 aliphatic carbocycles. The molecule has 0 amide bonds. The van der Waals surface area contributed by atoms with E-state index in [1.54, 1.807) is 12.1 Å². The van der Waals surface area contributed by atoms with Crippen molar-refractivity contribution < 1.29 is 8.42 Å². The van der Waals surface area contributed by atoms with Gasteiger partial charge in [-0.05, 0) is 36.4 Å². The summed E-state index contributed by atoms with van der Waals surface area (Å²) in [6.45, 7) is 0. The van der Waals surface area contributed by atoms with Crippen molar-refractivity contribution in [2.75, 3.05) is 11.9 Å². The first-order valence-corrected chi connectivity index (χ1v) is 7.63. The topological polar surface area (TPSA) is 37.4 Å². The fourth-order valence-electron chi connectivity index (χ4n) is 1.63. The number of benzene rings is 2. The van der Waals surface area contributed by atoms with Gasteiger partial charge in [0.15, 0.2) is 0 Å². The Morgan fingerprint density at radius 2 is 1.39 bits per heavy atom. The molecule has 2 rings (SSSR count). The lowest BCUT2D eigenvalue weighted by molar-refractivity contribution is 0.609. The third-order valence-electron chi connectivity index (χ3n) is 2.65. The van der Waals surface area contributed by atoms with Gasteiger partial charge in [0, 0.05) is 29.1 Å². The lowest BCUT2D eigenvalue weighted by Gasteiger charge is -2.19. The van der Waals surface area contributed by atoms with Crippen LogP contribution in [-0.2, 0) is 9.05 Å². The molecule has 0 saturated carbocycles. The Balaban J connectivity index is 2.31. The molecule has 0 atom stereocenters. The zero-order chi connectivity index (χ0) is 13.2. The average Bonchev–Trinajstić information content (AvgIpc) is 2.38. The van der Waals surface area contributed by atoms with Crippen molar-refractivity contribution in [1.29, 1.82) is 0 Å². The first kappa shape index (κ1) is 12.9. The number of hydrogen-bond donors (Lipinski definition) is 0. The van der Waals surface area contributed by atoms with E-state index in [0.29, 0.717) is 0 Å². The van der Waals surface area contributed by atoms with Crippen LogP contribution in [0.3, 0.4) is 0 Å². The Hall–Kier alpha value is -1.52. The molecule has 2 aromatic carbocycles. The number of hydrogen-bond acceptors (Lipinski definition) is 3. The van der Waals surface area contributed by atoms with E-state index in [-0.39, 0.29) is 4.90 Å². The quantitative estimate of drug-likeness (QED) is 0.810. The predicted molar refractivity (Wildman–Crippen MR) is 74.0 cm³/mol. The van der Waals surface area contributed by atoms with Crippen LogP contribution in [0.4, 0.5) is 11.4 Å². The molecular formula is C13H12ClNO2S. The maximum Gasteiger partial charge on any atom is 0.261 e. The first-order chi connectivity index (χ1) is 8.48. The van der Waals surface area contributed by atoms with Crippen LogP contribution in [0.15, 0.2) is 59.5 Å². The van der Waals surface area contributed by atoms with Crippen LogP contribution >= 0.6 is 10.7 Å². The van der Waals surface area contributed by atoms with E-state index in [4.69, 9.17) is 10.7 Å². The smallest absolute Gasteiger partial charge is 0.261 e. The highest BCUT2D eigenvalue weighted by molar-refractivity contribution is 8.13. The van der Waals surface area contributed by atoms with Crippen LogP contribution in [0.2, 0.25) is 0 Å². The van der Waals surface area contributed by atoms with Crippen LogP contribution in [0, 0.1) is 0 Å². The van der Waals surface area contributed by atoms with Gasteiger partial charge in [0.25, 0.3) is 9.05 Å². The molecule has 0 saturated heterocycles. The van der Waals surface area contributed by atoms with E-state index >= 15 is 0 Å². The van der Waals surface area contributed by atoms with E-state index in [0.717, 1.165) is 11.4 Å². The zero-order valence-electron chi connectivity index (χ0n) is 9.75. The molecular weight excluding hydrogens is 270 g/mol. The second-order valence-corrected chi connectivity index (χ2v) is 6.39. The van der Waals surface area contributed by atoms with Crippen molar-refractivity contribution in [1.82, 2.24) is 0 Å². The number of nitrogens with zero attached hydrogens (tertiary/aromatic N) is 1. The van der Waals surface area contributed by atoms with Crippen molar-refractivity contribution in [3.05, 3.63) is 54.6 Å². The number of rotatable bonds is 3. The third kappa shape index (κ3) is 2.83. The second-order valence-electron chi connectivity index (χ2n) is 3.83. The molecule has 0 fully saturated rings. The van der Waals surface area contributed by atoms with Crippen LogP contribution in [-0.4, -0.2) is 15.5 Å². The van der Waals surface area contributed by atoms with Gasteiger partial charge >= 0.3 is 0 Å². The van der Waals surface area contributed by atoms with Crippen molar-refractivity contribution in [3.8, 4) is 0 Å². The van der Waals surface area contributed by atoms with Crippen LogP contribution in [0.5, 0.6) is 0 Å². The van der Waals surface area contributed by atoms with Gasteiger partial charge in [0.2, 0.25) is 0 Å². The summed E-state index contributed by atoms with van der Waals surface area (Å²) in [6.07, 6.45) is 0. The standard InChI is InChI=1S/C13H12ClNO2S/c1-15(11-5-3-2-4-6-11)12-7-9-13(10-8-12)18(14,16)17/h2-10H,1H3. The zero-order valence-corrected chi connectivity index (χ0v) is 11.3. The van der Waals surface area contributed by atoms with Gasteiger partial charge in [0.1, 0.15) is 0 Å². The van der Waals surface area contributed by atoms with E-state index in [9.17, 15) is 8.42 Å². The Kier molecular flexibility index (Phi) is 3.59. The normalized spacial score (nSPS) is 11.2. The molecule has 0 aromatic heterocycles. The van der Waals surface area contributed by atoms with Gasteiger partial charge in [-0.3, -0.25) is 0 Å². The minimum atomic E-state index is -3.66. The molecule has 5 heteroatoms. The van der Waals surface area contributed by atoms with Crippen molar-refractivity contribution in [3.63, 3.8) is 0 Å². The molecule has 0 heterocycles. The van der Waals surface area contributed by atoms with Gasteiger partial charge in [0.05, 0.1) is 4.90 Å². The van der Waals surface area contributed by atoms with Crippen LogP contribution < -0.4 is 4.90 Å². The molecule has 0 radical (unpaired) electrons. The van der Waals surface area contributed by atoms with E-state index < -0.39 is 9.05 Å². The summed E-state index contributed by atoms with van der Waals surface area (Å²) in [5, 5.41) is 0. The van der Waals surface area contributed by atoms with Gasteiger partial charge in [-0.25, -0.2) is 8.42 Å². The van der Waals surface area contributed by atoms with Crippen LogP contribution in [0.1, 0.15) is 0 Å². The summed E-state index contributed by atoms with van der Waals surface area (Å²) >= 11 is 0. The van der Waals surface area contributed by atoms with Gasteiger partial charge in [-0.2, -0.15) is 0 Å². The number of halogens is 1. The van der Waals surface area contributed by atoms with Crippen molar-refractivity contribution in [2.45, 2.75) is 4.90 Å². The fourth-order valence-corrected chi connectivity index (χ4v) is 2.40. The Morgan fingerprint density at radius 1 is 0.889 bits per heavy atom. The molecule has 3 nitrogen and oxygen atoms in total. The molecule has 0 spiro atoms. The molecule has 0 aliphatic heterocycles. The first-order valence-electron chi connectivity index (χ1n) is 5.32. The highest BCUT2D eigenvalue weighted by atomic mass is 35.7. The minimum Gasteiger partial charge on any atom is -0.345 e. The number of para-hydroxylation sites is 1. The van der Waals surface area contributed by atoms with Gasteiger partial charge < -0.3 is 4.90 Å². The molecule has 0 bridgehead atoms. The van der Waals surface area contributed by atoms with Crippen molar-refractivity contribution in [2.24, 2.45) is 0 Å².